The SMILES string of the molecule is [2H]C([2H])(O)[C@H]1O[C@@]([2H])(O[C@@H]2[C@@H](OC)O[C@H](CO)[C@@H](O)[C@@H]2O[C@@H]2O[C@H](CO)[C@@H](O)[C@H](O)[C@H]2O)[C@]([2H])(O)[C@@]([2H])(O)[C@]1([2H])O. The molecule has 3 aliphatic rings. The molecule has 3 saturated heterocycles. The van der Waals surface area contributed by atoms with E-state index in [1.165, 1.54) is 0 Å². The maximum absolute atomic E-state index is 10.9. The second-order valence-corrected chi connectivity index (χ2v) is 7.83. The predicted octanol–water partition coefficient (Wildman–Crippen LogP) is -6.92. The maximum atomic E-state index is 10.9. The molecule has 0 aromatic rings. The van der Waals surface area contributed by atoms with Crippen molar-refractivity contribution in [1.82, 2.24) is 0 Å². The van der Waals surface area contributed by atoms with Gasteiger partial charge in [0, 0.05) is 7.11 Å². The standard InChI is InChI=1S/C19H34O16/c1-30-19-16(35-18-14(29)12(27)9(24)6(3-21)32-18)15(10(25)7(4-22)33-19)34-17-13(28)11(26)8(23)5(2-20)31-17/h5-29H,2-4H2,1H3/t5-,6-,7-,8-,9-,10-,11+,12+,13-,14-,15+,16+,17+,18+,19+/m1/s1/i3D2,9D,12D,14D,18D. The Morgan fingerprint density at radius 2 is 1.26 bits per heavy atom. The van der Waals surface area contributed by atoms with Crippen LogP contribution in [0.5, 0.6) is 0 Å². The van der Waals surface area contributed by atoms with E-state index in [1.807, 2.05) is 0 Å². The monoisotopic (exact) mass is 524 g/mol. The summed E-state index contributed by atoms with van der Waals surface area (Å²) < 4.78 is 78.3. The molecule has 3 heterocycles. The zero-order valence-corrected chi connectivity index (χ0v) is 18.2. The Balaban J connectivity index is 2.06. The van der Waals surface area contributed by atoms with Gasteiger partial charge in [-0.05, 0) is 0 Å². The fourth-order valence-corrected chi connectivity index (χ4v) is 3.70. The molecular weight excluding hydrogens is 484 g/mol. The number of ether oxygens (including phenoxy) is 6. The van der Waals surface area contributed by atoms with Crippen LogP contribution in [0.3, 0.4) is 0 Å². The molecular formula is C19H34O16. The highest BCUT2D eigenvalue weighted by atomic mass is 16.8. The first kappa shape index (κ1) is 21.3. The Morgan fingerprint density at radius 1 is 0.657 bits per heavy atom. The van der Waals surface area contributed by atoms with Gasteiger partial charge in [0.25, 0.3) is 0 Å². The minimum atomic E-state index is -4.25. The molecule has 0 aromatic carbocycles. The number of aliphatic hydroxyl groups excluding tert-OH is 6. The molecule has 0 amide bonds. The first-order valence-electron chi connectivity index (χ1n) is 13.3. The highest BCUT2D eigenvalue weighted by molar-refractivity contribution is 4.96. The molecule has 0 aliphatic carbocycles. The summed E-state index contributed by atoms with van der Waals surface area (Å²) in [7, 11) is 0.960. The smallest absolute Gasteiger partial charge is 0.187 e. The van der Waals surface area contributed by atoms with Crippen LogP contribution in [0.15, 0.2) is 0 Å². The van der Waals surface area contributed by atoms with Crippen LogP contribution < -0.4 is 0 Å². The molecule has 16 nitrogen and oxygen atoms in total. The Kier molecular flexibility index (Phi) is 7.47. The van der Waals surface area contributed by atoms with E-state index in [0.29, 0.717) is 0 Å². The molecule has 0 spiro atoms. The van der Waals surface area contributed by atoms with Crippen LogP contribution in [0.1, 0.15) is 8.22 Å². The van der Waals surface area contributed by atoms with Crippen LogP contribution in [0.4, 0.5) is 0 Å². The summed E-state index contributed by atoms with van der Waals surface area (Å²) in [5.41, 5.74) is 0. The predicted molar refractivity (Wildman–Crippen MR) is 106 cm³/mol. The quantitative estimate of drug-likeness (QED) is 0.141. The second-order valence-electron chi connectivity index (χ2n) is 7.83. The molecule has 0 aromatic heterocycles. The Labute approximate surface area is 207 Å². The van der Waals surface area contributed by atoms with Crippen molar-refractivity contribution < 1.29 is 87.7 Å². The van der Waals surface area contributed by atoms with E-state index in [9.17, 15) is 51.1 Å². The third kappa shape index (κ3) is 5.78. The molecule has 0 radical (unpaired) electrons. The highest BCUT2D eigenvalue weighted by Gasteiger charge is 2.54. The molecule has 0 unspecified atom stereocenters. The van der Waals surface area contributed by atoms with Crippen LogP contribution >= 0.6 is 0 Å². The Bertz CT molecular complexity index is 909. The van der Waals surface area contributed by atoms with Crippen LogP contribution in [0.25, 0.3) is 0 Å². The first-order valence-corrected chi connectivity index (χ1v) is 10.3. The van der Waals surface area contributed by atoms with Gasteiger partial charge in [0.1, 0.15) is 73.2 Å². The number of rotatable bonds is 8. The van der Waals surface area contributed by atoms with E-state index < -0.39 is 112 Å². The lowest BCUT2D eigenvalue weighted by atomic mass is 9.96. The van der Waals surface area contributed by atoms with Crippen molar-refractivity contribution >= 4 is 0 Å². The largest absolute Gasteiger partial charge is 0.394 e. The van der Waals surface area contributed by atoms with Gasteiger partial charge in [-0.25, -0.2) is 0 Å². The van der Waals surface area contributed by atoms with E-state index >= 15 is 0 Å². The van der Waals surface area contributed by atoms with E-state index in [4.69, 9.17) is 36.6 Å². The minimum Gasteiger partial charge on any atom is -0.394 e. The summed E-state index contributed by atoms with van der Waals surface area (Å²) in [6.45, 7) is -5.62. The van der Waals surface area contributed by atoms with Gasteiger partial charge in [0.05, 0.1) is 28.0 Å². The average molecular weight is 525 g/mol. The van der Waals surface area contributed by atoms with Crippen molar-refractivity contribution in [2.24, 2.45) is 0 Å². The van der Waals surface area contributed by atoms with Crippen LogP contribution in [-0.4, -0.2) is 170 Å². The third-order valence-electron chi connectivity index (χ3n) is 5.66. The number of methoxy groups -OCH3 is 1. The van der Waals surface area contributed by atoms with Crippen molar-refractivity contribution in [1.29, 1.82) is 0 Å². The molecule has 3 aliphatic heterocycles. The topological polar surface area (TPSA) is 258 Å². The van der Waals surface area contributed by atoms with Gasteiger partial charge in [-0.15, -0.1) is 0 Å². The molecule has 15 atom stereocenters. The lowest BCUT2D eigenvalue weighted by Gasteiger charge is -2.48. The Morgan fingerprint density at radius 3 is 1.83 bits per heavy atom. The molecule has 10 N–H and O–H groups in total. The fourth-order valence-electron chi connectivity index (χ4n) is 3.70. The average Bonchev–Trinajstić information content (AvgIpc) is 2.87. The van der Waals surface area contributed by atoms with E-state index in [-0.39, 0.29) is 0 Å². The van der Waals surface area contributed by atoms with Crippen molar-refractivity contribution in [3.05, 3.63) is 0 Å². The summed E-state index contributed by atoms with van der Waals surface area (Å²) >= 11 is 0. The summed E-state index contributed by atoms with van der Waals surface area (Å²) in [5, 5.41) is 102. The molecule has 206 valence electrons. The van der Waals surface area contributed by atoms with Gasteiger partial charge in [-0.1, -0.05) is 0 Å². The number of hydrogen-bond acceptors (Lipinski definition) is 16. The van der Waals surface area contributed by atoms with Gasteiger partial charge in [0.2, 0.25) is 0 Å². The van der Waals surface area contributed by atoms with E-state index in [0.717, 1.165) is 7.11 Å². The van der Waals surface area contributed by atoms with Gasteiger partial charge in [0.15, 0.2) is 18.8 Å². The lowest BCUT2D eigenvalue weighted by Crippen LogP contribution is -2.67. The lowest BCUT2D eigenvalue weighted by molar-refractivity contribution is -0.390. The maximum Gasteiger partial charge on any atom is 0.187 e. The van der Waals surface area contributed by atoms with E-state index in [1.54, 1.807) is 0 Å². The highest BCUT2D eigenvalue weighted by Crippen LogP contribution is 2.33. The first-order chi connectivity index (χ1) is 18.6. The summed E-state index contributed by atoms with van der Waals surface area (Å²) in [6, 6.07) is 0. The molecule has 35 heavy (non-hydrogen) atoms. The van der Waals surface area contributed by atoms with Crippen LogP contribution in [0, 0.1) is 0 Å². The van der Waals surface area contributed by atoms with Crippen molar-refractivity contribution in [2.75, 3.05) is 26.9 Å². The van der Waals surface area contributed by atoms with Crippen molar-refractivity contribution in [2.45, 2.75) is 92.0 Å². The second kappa shape index (κ2) is 12.3. The molecule has 0 bridgehead atoms. The van der Waals surface area contributed by atoms with Gasteiger partial charge in [-0.3, -0.25) is 0 Å². The third-order valence-corrected chi connectivity index (χ3v) is 5.66. The molecule has 16 heteroatoms. The van der Waals surface area contributed by atoms with Gasteiger partial charge >= 0.3 is 0 Å². The van der Waals surface area contributed by atoms with E-state index in [2.05, 4.69) is 0 Å². The molecule has 3 rings (SSSR count). The number of hydrogen-bond donors (Lipinski definition) is 10. The van der Waals surface area contributed by atoms with Crippen molar-refractivity contribution in [3.63, 3.8) is 0 Å². The summed E-state index contributed by atoms with van der Waals surface area (Å²) in [5.74, 6) is 0. The van der Waals surface area contributed by atoms with Crippen molar-refractivity contribution in [3.8, 4) is 0 Å². The zero-order valence-electron chi connectivity index (χ0n) is 24.2. The fraction of sp³-hybridized carbons (Fsp3) is 1.00. The Hall–Kier alpha value is -0.640. The molecule has 0 saturated carbocycles. The molecule has 3 fully saturated rings. The number of aliphatic hydroxyl groups is 10. The minimum absolute atomic E-state index is 0.890. The summed E-state index contributed by atoms with van der Waals surface area (Å²) in [6.07, 6.45) is -38.6. The summed E-state index contributed by atoms with van der Waals surface area (Å²) in [4.78, 5) is 0. The van der Waals surface area contributed by atoms with Crippen LogP contribution in [0.2, 0.25) is 0 Å². The zero-order chi connectivity index (χ0) is 31.5. The normalized spacial score (nSPS) is 62.7. The van der Waals surface area contributed by atoms with Gasteiger partial charge < -0.3 is 79.5 Å². The van der Waals surface area contributed by atoms with Crippen LogP contribution in [-0.2, 0) is 28.4 Å². The van der Waals surface area contributed by atoms with Gasteiger partial charge in [-0.2, -0.15) is 0 Å².